The van der Waals surface area contributed by atoms with E-state index in [1.807, 2.05) is 19.3 Å². The van der Waals surface area contributed by atoms with Gasteiger partial charge in [-0.05, 0) is 24.3 Å². The van der Waals surface area contributed by atoms with Crippen LogP contribution in [0.25, 0.3) is 0 Å². The lowest BCUT2D eigenvalue weighted by atomic mass is 10.4. The van der Waals surface area contributed by atoms with E-state index in [0.29, 0.717) is 11.5 Å². The molecule has 0 fully saturated rings. The molecule has 2 aromatic rings. The minimum absolute atomic E-state index is 0.427. The Hall–Kier alpha value is -2.37. The molecule has 2 heterocycles. The molecule has 0 N–H and O–H groups in total. The highest BCUT2D eigenvalue weighted by molar-refractivity contribution is 5.87. The smallest absolute Gasteiger partial charge is 0.345 e. The molecule has 0 aromatic carbocycles. The van der Waals surface area contributed by atoms with Crippen molar-refractivity contribution in [3.05, 3.63) is 42.4 Å². The average molecular weight is 232 g/mol. The van der Waals surface area contributed by atoms with Crippen molar-refractivity contribution in [2.24, 2.45) is 24.5 Å². The molecule has 0 spiro atoms. The van der Waals surface area contributed by atoms with E-state index in [4.69, 9.17) is 0 Å². The van der Waals surface area contributed by atoms with Gasteiger partial charge in [0.15, 0.2) is 5.82 Å². The van der Waals surface area contributed by atoms with E-state index >= 15 is 0 Å². The zero-order chi connectivity index (χ0) is 12.3. The van der Waals surface area contributed by atoms with Crippen LogP contribution < -0.4 is 0 Å². The summed E-state index contributed by atoms with van der Waals surface area (Å²) in [5.41, 5.74) is 0.427. The normalized spacial score (nSPS) is 10.9. The van der Waals surface area contributed by atoms with Crippen LogP contribution in [-0.4, -0.2) is 15.1 Å². The lowest BCUT2D eigenvalue weighted by molar-refractivity contribution is 0.0471. The molecule has 0 aliphatic rings. The minimum Gasteiger partial charge on any atom is -0.345 e. The molecule has 2 aromatic heterocycles. The van der Waals surface area contributed by atoms with E-state index in [0.717, 1.165) is 0 Å². The van der Waals surface area contributed by atoms with Crippen molar-refractivity contribution in [1.82, 2.24) is 9.13 Å². The van der Waals surface area contributed by atoms with E-state index in [-0.39, 0.29) is 0 Å². The summed E-state index contributed by atoms with van der Waals surface area (Å²) in [6.45, 7) is 0. The van der Waals surface area contributed by atoms with Crippen molar-refractivity contribution in [3.63, 3.8) is 0 Å². The van der Waals surface area contributed by atoms with Crippen molar-refractivity contribution < 1.29 is 9.63 Å². The number of aryl methyl sites for hydroxylation is 2. The summed E-state index contributed by atoms with van der Waals surface area (Å²) < 4.78 is 3.42. The van der Waals surface area contributed by atoms with Gasteiger partial charge in [0, 0.05) is 31.8 Å². The maximum atomic E-state index is 11.5. The first kappa shape index (κ1) is 11.1. The molecule has 6 nitrogen and oxygen atoms in total. The van der Waals surface area contributed by atoms with Gasteiger partial charge in [0.25, 0.3) is 0 Å². The van der Waals surface area contributed by atoms with Gasteiger partial charge in [0.2, 0.25) is 0 Å². The van der Waals surface area contributed by atoms with Crippen LogP contribution in [0, 0.1) is 0 Å². The molecular formula is C11H12N4O2. The highest BCUT2D eigenvalue weighted by Gasteiger charge is 2.10. The second kappa shape index (κ2) is 4.65. The standard InChI is InChI=1S/C11H12N4O2/c1-14-7-3-5-9(14)11(16)17-13-12-10-6-4-8-15(10)2/h3-8H,1-2H3. The summed E-state index contributed by atoms with van der Waals surface area (Å²) in [5, 5.41) is 7.19. The van der Waals surface area contributed by atoms with Gasteiger partial charge in [-0.2, -0.15) is 0 Å². The van der Waals surface area contributed by atoms with Crippen molar-refractivity contribution in [2.75, 3.05) is 0 Å². The molecule has 0 atom stereocenters. The van der Waals surface area contributed by atoms with Gasteiger partial charge < -0.3 is 9.13 Å². The molecule has 17 heavy (non-hydrogen) atoms. The summed E-state index contributed by atoms with van der Waals surface area (Å²) >= 11 is 0. The van der Waals surface area contributed by atoms with Crippen LogP contribution in [0.5, 0.6) is 0 Å². The van der Waals surface area contributed by atoms with Crippen molar-refractivity contribution >= 4 is 11.8 Å². The number of carbonyl (C=O) groups excluding carboxylic acids is 1. The highest BCUT2D eigenvalue weighted by atomic mass is 16.7. The summed E-state index contributed by atoms with van der Waals surface area (Å²) in [6.07, 6.45) is 3.58. The average Bonchev–Trinajstić information content (AvgIpc) is 2.88. The van der Waals surface area contributed by atoms with E-state index in [1.54, 1.807) is 40.6 Å². The van der Waals surface area contributed by atoms with Gasteiger partial charge in [-0.3, -0.25) is 4.84 Å². The predicted molar refractivity (Wildman–Crippen MR) is 60.8 cm³/mol. The Bertz CT molecular complexity index is 553. The van der Waals surface area contributed by atoms with E-state index in [9.17, 15) is 4.79 Å². The lowest BCUT2D eigenvalue weighted by Gasteiger charge is -1.98. The third-order valence-corrected chi connectivity index (χ3v) is 2.34. The Labute approximate surface area is 98.1 Å². The number of nitrogens with zero attached hydrogens (tertiary/aromatic N) is 4. The Morgan fingerprint density at radius 3 is 2.47 bits per heavy atom. The fourth-order valence-corrected chi connectivity index (χ4v) is 1.38. The van der Waals surface area contributed by atoms with E-state index < -0.39 is 5.97 Å². The first-order chi connectivity index (χ1) is 8.18. The van der Waals surface area contributed by atoms with Crippen LogP contribution in [0.15, 0.2) is 47.1 Å². The SMILES string of the molecule is Cn1cccc1N=NOC(=O)c1cccn1C. The van der Waals surface area contributed by atoms with Crippen LogP contribution in [0.2, 0.25) is 0 Å². The third-order valence-electron chi connectivity index (χ3n) is 2.34. The molecule has 88 valence electrons. The summed E-state index contributed by atoms with van der Waals surface area (Å²) in [4.78, 5) is 16.2. The van der Waals surface area contributed by atoms with Crippen LogP contribution in [0.4, 0.5) is 5.82 Å². The largest absolute Gasteiger partial charge is 0.383 e. The number of carbonyl (C=O) groups is 1. The number of aromatic nitrogens is 2. The first-order valence-electron chi connectivity index (χ1n) is 5.03. The van der Waals surface area contributed by atoms with Gasteiger partial charge in [0.05, 0.1) is 0 Å². The zero-order valence-electron chi connectivity index (χ0n) is 9.57. The van der Waals surface area contributed by atoms with Gasteiger partial charge in [-0.1, -0.05) is 5.11 Å². The fraction of sp³-hybridized carbons (Fsp3) is 0.182. The van der Waals surface area contributed by atoms with Crippen molar-refractivity contribution in [2.45, 2.75) is 0 Å². The molecule has 0 saturated heterocycles. The van der Waals surface area contributed by atoms with Gasteiger partial charge in [-0.15, -0.1) is 0 Å². The topological polar surface area (TPSA) is 60.9 Å². The molecular weight excluding hydrogens is 220 g/mol. The first-order valence-corrected chi connectivity index (χ1v) is 5.03. The zero-order valence-corrected chi connectivity index (χ0v) is 9.57. The molecule has 0 radical (unpaired) electrons. The molecule has 6 heteroatoms. The van der Waals surface area contributed by atoms with Crippen LogP contribution >= 0.6 is 0 Å². The highest BCUT2D eigenvalue weighted by Crippen LogP contribution is 2.11. The molecule has 0 aliphatic carbocycles. The number of hydrogen-bond donors (Lipinski definition) is 0. The number of hydrogen-bond acceptors (Lipinski definition) is 4. The van der Waals surface area contributed by atoms with Crippen molar-refractivity contribution in [1.29, 1.82) is 0 Å². The Morgan fingerprint density at radius 2 is 1.88 bits per heavy atom. The maximum absolute atomic E-state index is 11.5. The van der Waals surface area contributed by atoms with Crippen LogP contribution in [0.3, 0.4) is 0 Å². The molecule has 0 aliphatic heterocycles. The summed E-state index contributed by atoms with van der Waals surface area (Å²) in [7, 11) is 3.58. The second-order valence-corrected chi connectivity index (χ2v) is 3.54. The maximum Gasteiger partial charge on any atom is 0.383 e. The van der Waals surface area contributed by atoms with Gasteiger partial charge in [0.1, 0.15) is 5.69 Å². The van der Waals surface area contributed by atoms with E-state index in [1.165, 1.54) is 0 Å². The third kappa shape index (κ3) is 2.41. The number of rotatable bonds is 3. The Kier molecular flexibility index (Phi) is 3.04. The molecule has 2 rings (SSSR count). The monoisotopic (exact) mass is 232 g/mol. The molecule has 0 bridgehead atoms. The second-order valence-electron chi connectivity index (χ2n) is 3.54. The Balaban J connectivity index is 2.00. The lowest BCUT2D eigenvalue weighted by Crippen LogP contribution is -2.05. The molecule has 0 amide bonds. The van der Waals surface area contributed by atoms with Gasteiger partial charge >= 0.3 is 5.97 Å². The van der Waals surface area contributed by atoms with Crippen LogP contribution in [-0.2, 0) is 18.9 Å². The summed E-state index contributed by atoms with van der Waals surface area (Å²) in [5.74, 6) is 0.0835. The molecule has 0 unspecified atom stereocenters. The predicted octanol–water partition coefficient (Wildman–Crippen LogP) is 2.22. The van der Waals surface area contributed by atoms with Gasteiger partial charge in [-0.25, -0.2) is 4.79 Å². The summed E-state index contributed by atoms with van der Waals surface area (Å²) in [6, 6.07) is 7.00. The Morgan fingerprint density at radius 1 is 1.18 bits per heavy atom. The molecule has 0 saturated carbocycles. The van der Waals surface area contributed by atoms with E-state index in [2.05, 4.69) is 15.2 Å². The van der Waals surface area contributed by atoms with Crippen LogP contribution in [0.1, 0.15) is 10.5 Å². The minimum atomic E-state index is -0.532. The fourth-order valence-electron chi connectivity index (χ4n) is 1.38. The van der Waals surface area contributed by atoms with Crippen molar-refractivity contribution in [3.8, 4) is 0 Å². The quantitative estimate of drug-likeness (QED) is 0.601.